The number of rotatable bonds is 4. The van der Waals surface area contributed by atoms with Gasteiger partial charge in [0.25, 0.3) is 0 Å². The molecule has 0 amide bonds. The largest absolute Gasteiger partial charge is 0.379 e. The summed E-state index contributed by atoms with van der Waals surface area (Å²) < 4.78 is 31.3. The van der Waals surface area contributed by atoms with Gasteiger partial charge in [-0.25, -0.2) is 4.68 Å². The lowest BCUT2D eigenvalue weighted by Crippen LogP contribution is -2.10. The molecular weight excluding hydrogens is 340 g/mol. The molecule has 3 aromatic rings. The van der Waals surface area contributed by atoms with E-state index in [1.807, 2.05) is 6.92 Å². The van der Waals surface area contributed by atoms with E-state index in [2.05, 4.69) is 15.5 Å². The highest BCUT2D eigenvalue weighted by Gasteiger charge is 2.20. The summed E-state index contributed by atoms with van der Waals surface area (Å²) in [4.78, 5) is -0.0856. The first-order valence-electron chi connectivity index (χ1n) is 6.50. The average molecular weight is 351 g/mol. The van der Waals surface area contributed by atoms with Crippen LogP contribution in [0, 0.1) is 6.92 Å². The van der Waals surface area contributed by atoms with Crippen LogP contribution >= 0.6 is 11.6 Å². The van der Waals surface area contributed by atoms with Crippen LogP contribution in [0.3, 0.4) is 0 Å². The van der Waals surface area contributed by atoms with Crippen LogP contribution in [0.1, 0.15) is 5.56 Å². The first kappa shape index (κ1) is 15.4. The van der Waals surface area contributed by atoms with Gasteiger partial charge in [-0.3, -0.25) is 0 Å². The highest BCUT2D eigenvalue weighted by molar-refractivity contribution is 7.87. The van der Waals surface area contributed by atoms with Crippen molar-refractivity contribution in [3.8, 4) is 11.4 Å². The van der Waals surface area contributed by atoms with Crippen LogP contribution in [-0.2, 0) is 10.1 Å². The molecule has 0 N–H and O–H groups in total. The lowest BCUT2D eigenvalue weighted by atomic mass is 10.2. The van der Waals surface area contributed by atoms with E-state index in [1.54, 1.807) is 24.3 Å². The van der Waals surface area contributed by atoms with Crippen LogP contribution < -0.4 is 4.18 Å². The van der Waals surface area contributed by atoms with E-state index in [-0.39, 0.29) is 15.7 Å². The van der Waals surface area contributed by atoms with Crippen LogP contribution in [0.5, 0.6) is 5.75 Å². The quantitative estimate of drug-likeness (QED) is 0.671. The smallest absolute Gasteiger partial charge is 0.340 e. The summed E-state index contributed by atoms with van der Waals surface area (Å²) in [5.41, 5.74) is 1.42. The first-order valence-corrected chi connectivity index (χ1v) is 8.28. The van der Waals surface area contributed by atoms with E-state index in [9.17, 15) is 8.42 Å². The monoisotopic (exact) mass is 350 g/mol. The minimum absolute atomic E-state index is 0.0856. The summed E-state index contributed by atoms with van der Waals surface area (Å²) in [6.45, 7) is 1.82. The van der Waals surface area contributed by atoms with E-state index in [4.69, 9.17) is 15.8 Å². The lowest BCUT2D eigenvalue weighted by Gasteiger charge is -2.10. The molecular formula is C14H11ClN4O3S. The molecule has 1 aromatic heterocycles. The summed E-state index contributed by atoms with van der Waals surface area (Å²) in [6.07, 6.45) is 1.39. The van der Waals surface area contributed by atoms with Crippen molar-refractivity contribution >= 4 is 21.7 Å². The van der Waals surface area contributed by atoms with Crippen LogP contribution in [0.25, 0.3) is 5.69 Å². The molecule has 2 aromatic carbocycles. The number of hydrogen-bond acceptors (Lipinski definition) is 6. The van der Waals surface area contributed by atoms with Gasteiger partial charge in [0.1, 0.15) is 17.0 Å². The number of hydrogen-bond donors (Lipinski definition) is 0. The van der Waals surface area contributed by atoms with Crippen LogP contribution in [0.15, 0.2) is 53.7 Å². The van der Waals surface area contributed by atoms with Crippen molar-refractivity contribution in [2.45, 2.75) is 11.8 Å². The van der Waals surface area contributed by atoms with Crippen LogP contribution in [0.4, 0.5) is 0 Å². The van der Waals surface area contributed by atoms with E-state index < -0.39 is 10.1 Å². The molecule has 0 fully saturated rings. The van der Waals surface area contributed by atoms with Gasteiger partial charge in [0, 0.05) is 6.07 Å². The molecule has 0 saturated heterocycles. The first-order chi connectivity index (χ1) is 11.0. The van der Waals surface area contributed by atoms with E-state index in [0.717, 1.165) is 5.56 Å². The Morgan fingerprint density at radius 2 is 2.00 bits per heavy atom. The zero-order chi connectivity index (χ0) is 16.4. The van der Waals surface area contributed by atoms with Crippen molar-refractivity contribution in [2.24, 2.45) is 0 Å². The van der Waals surface area contributed by atoms with Gasteiger partial charge in [-0.05, 0) is 47.2 Å². The van der Waals surface area contributed by atoms with Crippen molar-refractivity contribution in [1.29, 1.82) is 0 Å². The number of aryl methyl sites for hydroxylation is 1. The Kier molecular flexibility index (Phi) is 4.01. The Bertz CT molecular complexity index is 942. The second-order valence-corrected chi connectivity index (χ2v) is 6.65. The zero-order valence-corrected chi connectivity index (χ0v) is 13.5. The molecule has 23 heavy (non-hydrogen) atoms. The molecule has 0 aliphatic rings. The second-order valence-electron chi connectivity index (χ2n) is 4.72. The Hall–Kier alpha value is -2.45. The molecule has 1 heterocycles. The summed E-state index contributed by atoms with van der Waals surface area (Å²) in [5.74, 6) is 0.134. The van der Waals surface area contributed by atoms with Gasteiger partial charge in [-0.2, -0.15) is 8.42 Å². The summed E-state index contributed by atoms with van der Waals surface area (Å²) in [6, 6.07) is 11.0. The molecule has 0 atom stereocenters. The SMILES string of the molecule is Cc1ccc(S(=O)(=O)Oc2cccc(-n3cnnn3)c2)c(Cl)c1. The van der Waals surface area contributed by atoms with Gasteiger partial charge in [-0.1, -0.05) is 23.7 Å². The fourth-order valence-electron chi connectivity index (χ4n) is 1.94. The Labute approximate surface area is 137 Å². The molecule has 0 aliphatic heterocycles. The van der Waals surface area contributed by atoms with E-state index in [1.165, 1.54) is 29.2 Å². The average Bonchev–Trinajstić information content (AvgIpc) is 3.00. The zero-order valence-electron chi connectivity index (χ0n) is 11.9. The van der Waals surface area contributed by atoms with Crippen molar-refractivity contribution in [3.05, 3.63) is 59.4 Å². The molecule has 0 spiro atoms. The van der Waals surface area contributed by atoms with Gasteiger partial charge in [0.2, 0.25) is 0 Å². The number of aromatic nitrogens is 4. The molecule has 118 valence electrons. The molecule has 0 unspecified atom stereocenters. The predicted molar refractivity (Wildman–Crippen MR) is 83.2 cm³/mol. The van der Waals surface area contributed by atoms with Gasteiger partial charge >= 0.3 is 10.1 Å². The summed E-state index contributed by atoms with van der Waals surface area (Å²) in [5, 5.41) is 10.9. The number of halogens is 1. The molecule has 0 radical (unpaired) electrons. The Balaban J connectivity index is 1.93. The van der Waals surface area contributed by atoms with Crippen molar-refractivity contribution in [3.63, 3.8) is 0 Å². The van der Waals surface area contributed by atoms with Crippen LogP contribution in [0.2, 0.25) is 5.02 Å². The van der Waals surface area contributed by atoms with E-state index in [0.29, 0.717) is 5.69 Å². The van der Waals surface area contributed by atoms with Gasteiger partial charge < -0.3 is 4.18 Å². The third-order valence-corrected chi connectivity index (χ3v) is 4.73. The standard InChI is InChI=1S/C14H11ClN4O3S/c1-10-5-6-14(13(15)7-10)23(20,21)22-12-4-2-3-11(8-12)19-9-16-17-18-19/h2-9H,1H3. The van der Waals surface area contributed by atoms with Gasteiger partial charge in [-0.15, -0.1) is 5.10 Å². The maximum absolute atomic E-state index is 12.4. The molecule has 7 nitrogen and oxygen atoms in total. The maximum atomic E-state index is 12.4. The van der Waals surface area contributed by atoms with Gasteiger partial charge in [0.05, 0.1) is 10.7 Å². The third-order valence-electron chi connectivity index (χ3n) is 2.99. The fourth-order valence-corrected chi connectivity index (χ4v) is 3.44. The van der Waals surface area contributed by atoms with Crippen LogP contribution in [-0.4, -0.2) is 28.6 Å². The summed E-state index contributed by atoms with van der Waals surface area (Å²) in [7, 11) is -4.04. The second kappa shape index (κ2) is 5.98. The van der Waals surface area contributed by atoms with Crippen molar-refractivity contribution < 1.29 is 12.6 Å². The van der Waals surface area contributed by atoms with Crippen molar-refractivity contribution in [2.75, 3.05) is 0 Å². The Morgan fingerprint density at radius 1 is 1.17 bits per heavy atom. The normalized spacial score (nSPS) is 11.4. The molecule has 0 bridgehead atoms. The predicted octanol–water partition coefficient (Wildman–Crippen LogP) is 2.39. The number of tetrazole rings is 1. The topological polar surface area (TPSA) is 87.0 Å². The third kappa shape index (κ3) is 3.33. The summed E-state index contributed by atoms with van der Waals surface area (Å²) >= 11 is 6.00. The van der Waals surface area contributed by atoms with Gasteiger partial charge in [0.15, 0.2) is 0 Å². The molecule has 0 aliphatic carbocycles. The van der Waals surface area contributed by atoms with E-state index >= 15 is 0 Å². The molecule has 3 rings (SSSR count). The minimum Gasteiger partial charge on any atom is -0.379 e. The highest BCUT2D eigenvalue weighted by atomic mass is 35.5. The number of nitrogens with zero attached hydrogens (tertiary/aromatic N) is 4. The molecule has 9 heteroatoms. The lowest BCUT2D eigenvalue weighted by molar-refractivity contribution is 0.486. The number of benzene rings is 2. The maximum Gasteiger partial charge on any atom is 0.340 e. The molecule has 0 saturated carbocycles. The fraction of sp³-hybridized carbons (Fsp3) is 0.0714. The van der Waals surface area contributed by atoms with Crippen molar-refractivity contribution in [1.82, 2.24) is 20.2 Å². The minimum atomic E-state index is -4.04. The highest BCUT2D eigenvalue weighted by Crippen LogP contribution is 2.26. The Morgan fingerprint density at radius 3 is 2.70 bits per heavy atom.